The van der Waals surface area contributed by atoms with Crippen LogP contribution in [0.25, 0.3) is 17.4 Å². The maximum Gasteiger partial charge on any atom is 0.303 e. The Morgan fingerprint density at radius 1 is 1.24 bits per heavy atom. The second-order valence-electron chi connectivity index (χ2n) is 9.40. The summed E-state index contributed by atoms with van der Waals surface area (Å²) in [5, 5.41) is 9.59. The van der Waals surface area contributed by atoms with E-state index < -0.39 is 5.97 Å². The second-order valence-corrected chi connectivity index (χ2v) is 11.5. The number of furan rings is 1. The Morgan fingerprint density at radius 3 is 2.71 bits per heavy atom. The maximum atomic E-state index is 13.4. The van der Waals surface area contributed by atoms with Gasteiger partial charge in [-0.05, 0) is 86.3 Å². The molecule has 2 aromatic rings. The number of halogens is 1. The molecule has 0 radical (unpaired) electrons. The van der Waals surface area contributed by atoms with Gasteiger partial charge in [0.25, 0.3) is 5.91 Å². The molecular formula is C26H26ClNO4S2. The minimum atomic E-state index is -0.793. The van der Waals surface area contributed by atoms with Crippen LogP contribution in [0, 0.1) is 11.8 Å². The van der Waals surface area contributed by atoms with Crippen LogP contribution in [0.3, 0.4) is 0 Å². The van der Waals surface area contributed by atoms with Crippen molar-refractivity contribution in [3.63, 3.8) is 0 Å². The molecule has 3 unspecified atom stereocenters. The SMILES string of the molecule is O=C(O)CCCCc1cc(-c2ccc(Cl)cc2)oc1/C=C1\SC(=S)N(C2CC3CCC2C3)C1=O. The zero-order valence-electron chi connectivity index (χ0n) is 18.7. The number of carboxylic acids is 1. The number of carbonyl (C=O) groups is 2. The summed E-state index contributed by atoms with van der Waals surface area (Å²) in [6.07, 6.45) is 8.66. The fourth-order valence-electron chi connectivity index (χ4n) is 5.52. The molecule has 1 aromatic heterocycles. The number of thioether (sulfide) groups is 1. The summed E-state index contributed by atoms with van der Waals surface area (Å²) in [4.78, 5) is 26.7. The molecule has 5 rings (SSSR count). The van der Waals surface area contributed by atoms with E-state index in [4.69, 9.17) is 33.3 Å². The van der Waals surface area contributed by atoms with Crippen LogP contribution in [0.15, 0.2) is 39.7 Å². The zero-order chi connectivity index (χ0) is 23.8. The predicted molar refractivity (Wildman–Crippen MR) is 139 cm³/mol. The molecule has 3 fully saturated rings. The molecule has 3 aliphatic rings. The standard InChI is InChI=1S/C26H26ClNO4S2/c27-19-9-7-16(8-10-19)21-13-18(3-1-2-4-24(29)30)22(32-21)14-23-25(31)28(26(33)34-23)20-12-15-5-6-17(20)11-15/h7-10,13-15,17,20H,1-6,11-12H2,(H,29,30)/b23-14-. The summed E-state index contributed by atoms with van der Waals surface area (Å²) < 4.78 is 6.85. The third-order valence-electron chi connectivity index (χ3n) is 7.18. The number of unbranched alkanes of at least 4 members (excludes halogenated alkanes) is 1. The summed E-state index contributed by atoms with van der Waals surface area (Å²) in [5.41, 5.74) is 1.85. The first-order valence-corrected chi connectivity index (χ1v) is 13.4. The van der Waals surface area contributed by atoms with Crippen LogP contribution < -0.4 is 0 Å². The Hall–Kier alpha value is -2.09. The first-order chi connectivity index (χ1) is 16.4. The Balaban J connectivity index is 1.40. The highest BCUT2D eigenvalue weighted by Gasteiger charge is 2.48. The Morgan fingerprint density at radius 2 is 2.03 bits per heavy atom. The summed E-state index contributed by atoms with van der Waals surface area (Å²) in [6.45, 7) is 0. The predicted octanol–water partition coefficient (Wildman–Crippen LogP) is 6.79. The molecule has 2 saturated carbocycles. The number of aliphatic carboxylic acids is 1. The van der Waals surface area contributed by atoms with Crippen molar-refractivity contribution in [2.75, 3.05) is 0 Å². The summed E-state index contributed by atoms with van der Waals surface area (Å²) in [6, 6.07) is 9.63. The van der Waals surface area contributed by atoms with Gasteiger partial charge < -0.3 is 9.52 Å². The molecule has 5 nitrogen and oxygen atoms in total. The summed E-state index contributed by atoms with van der Waals surface area (Å²) in [5.74, 6) is 1.81. The van der Waals surface area contributed by atoms with Gasteiger partial charge in [0.05, 0.1) is 4.91 Å². The van der Waals surface area contributed by atoms with Gasteiger partial charge in [-0.2, -0.15) is 0 Å². The maximum absolute atomic E-state index is 13.4. The van der Waals surface area contributed by atoms with E-state index in [0.717, 1.165) is 29.9 Å². The minimum absolute atomic E-state index is 0.0196. The van der Waals surface area contributed by atoms with Gasteiger partial charge in [0.15, 0.2) is 0 Å². The van der Waals surface area contributed by atoms with Crippen LogP contribution in [-0.2, 0) is 16.0 Å². The lowest BCUT2D eigenvalue weighted by molar-refractivity contribution is -0.137. The quantitative estimate of drug-likeness (QED) is 0.237. The van der Waals surface area contributed by atoms with E-state index in [0.29, 0.717) is 44.5 Å². The van der Waals surface area contributed by atoms with Crippen LogP contribution in [0.2, 0.25) is 5.02 Å². The van der Waals surface area contributed by atoms with Gasteiger partial charge in [-0.1, -0.05) is 42.0 Å². The third kappa shape index (κ3) is 4.83. The molecule has 2 aliphatic carbocycles. The molecule has 1 N–H and O–H groups in total. The average molecular weight is 516 g/mol. The average Bonchev–Trinajstić information content (AvgIpc) is 3.57. The summed E-state index contributed by atoms with van der Waals surface area (Å²) in [7, 11) is 0. The molecule has 34 heavy (non-hydrogen) atoms. The zero-order valence-corrected chi connectivity index (χ0v) is 21.1. The number of carbonyl (C=O) groups excluding carboxylic acids is 1. The number of hydrogen-bond donors (Lipinski definition) is 1. The lowest BCUT2D eigenvalue weighted by Crippen LogP contribution is -2.41. The molecule has 178 valence electrons. The fourth-order valence-corrected chi connectivity index (χ4v) is 6.99. The first kappa shape index (κ1) is 23.6. The Labute approximate surface area is 213 Å². The van der Waals surface area contributed by atoms with Crippen LogP contribution in [0.4, 0.5) is 0 Å². The lowest BCUT2D eigenvalue weighted by Gasteiger charge is -2.30. The van der Waals surface area contributed by atoms with Crippen molar-refractivity contribution < 1.29 is 19.1 Å². The van der Waals surface area contributed by atoms with E-state index in [1.54, 1.807) is 0 Å². The summed E-state index contributed by atoms with van der Waals surface area (Å²) >= 11 is 13.0. The molecule has 2 heterocycles. The highest BCUT2D eigenvalue weighted by molar-refractivity contribution is 8.26. The van der Waals surface area contributed by atoms with Crippen LogP contribution in [0.1, 0.15) is 56.3 Å². The van der Waals surface area contributed by atoms with Gasteiger partial charge in [0, 0.05) is 29.1 Å². The Bertz CT molecular complexity index is 1160. The number of aryl methyl sites for hydroxylation is 1. The number of rotatable bonds is 8. The van der Waals surface area contributed by atoms with Crippen molar-refractivity contribution in [2.45, 2.75) is 57.4 Å². The number of hydrogen-bond acceptors (Lipinski definition) is 5. The van der Waals surface area contributed by atoms with Crippen LogP contribution >= 0.6 is 35.6 Å². The van der Waals surface area contributed by atoms with Crippen LogP contribution in [-0.4, -0.2) is 32.2 Å². The molecule has 1 aliphatic heterocycles. The second kappa shape index (κ2) is 9.88. The topological polar surface area (TPSA) is 70.8 Å². The molecular weight excluding hydrogens is 490 g/mol. The van der Waals surface area contributed by atoms with E-state index in [1.165, 1.54) is 31.0 Å². The third-order valence-corrected chi connectivity index (χ3v) is 8.76. The molecule has 0 spiro atoms. The van der Waals surface area contributed by atoms with Crippen molar-refractivity contribution in [1.29, 1.82) is 0 Å². The van der Waals surface area contributed by atoms with E-state index >= 15 is 0 Å². The van der Waals surface area contributed by atoms with Crippen molar-refractivity contribution >= 4 is 57.9 Å². The van der Waals surface area contributed by atoms with Crippen molar-refractivity contribution in [3.05, 3.63) is 51.6 Å². The molecule has 2 bridgehead atoms. The van der Waals surface area contributed by atoms with Crippen molar-refractivity contribution in [1.82, 2.24) is 4.90 Å². The van der Waals surface area contributed by atoms with E-state index in [2.05, 4.69) is 0 Å². The number of nitrogens with zero attached hydrogens (tertiary/aromatic N) is 1. The van der Waals surface area contributed by atoms with Gasteiger partial charge in [0.2, 0.25) is 0 Å². The van der Waals surface area contributed by atoms with Crippen molar-refractivity contribution in [2.24, 2.45) is 11.8 Å². The van der Waals surface area contributed by atoms with E-state index in [9.17, 15) is 9.59 Å². The molecule has 8 heteroatoms. The van der Waals surface area contributed by atoms with Crippen LogP contribution in [0.5, 0.6) is 0 Å². The monoisotopic (exact) mass is 515 g/mol. The molecule has 1 amide bonds. The largest absolute Gasteiger partial charge is 0.481 e. The number of carboxylic acid groups (broad SMARTS) is 1. The van der Waals surface area contributed by atoms with E-state index in [-0.39, 0.29) is 18.4 Å². The van der Waals surface area contributed by atoms with Gasteiger partial charge >= 0.3 is 5.97 Å². The highest BCUT2D eigenvalue weighted by Crippen LogP contribution is 2.49. The highest BCUT2D eigenvalue weighted by atomic mass is 35.5. The van der Waals surface area contributed by atoms with Gasteiger partial charge in [-0.3, -0.25) is 14.5 Å². The smallest absolute Gasteiger partial charge is 0.303 e. The van der Waals surface area contributed by atoms with Gasteiger partial charge in [-0.15, -0.1) is 0 Å². The first-order valence-electron chi connectivity index (χ1n) is 11.8. The number of thiocarbonyl (C=S) groups is 1. The van der Waals surface area contributed by atoms with Gasteiger partial charge in [-0.25, -0.2) is 0 Å². The number of benzene rings is 1. The Kier molecular flexibility index (Phi) is 6.87. The fraction of sp³-hybridized carbons (Fsp3) is 0.423. The van der Waals surface area contributed by atoms with Crippen molar-refractivity contribution in [3.8, 4) is 11.3 Å². The normalized spacial score (nSPS) is 25.1. The molecule has 1 saturated heterocycles. The minimum Gasteiger partial charge on any atom is -0.481 e. The molecule has 1 aromatic carbocycles. The lowest BCUT2D eigenvalue weighted by atomic mass is 9.94. The van der Waals surface area contributed by atoms with Gasteiger partial charge in [0.1, 0.15) is 15.8 Å². The number of amides is 1. The van der Waals surface area contributed by atoms with E-state index in [1.807, 2.05) is 41.3 Å². The molecule has 3 atom stereocenters. The number of fused-ring (bicyclic) bond motifs is 2.